The second kappa shape index (κ2) is 8.19. The Hall–Kier alpha value is -2.96. The first kappa shape index (κ1) is 19.4. The molecule has 152 valence electrons. The summed E-state index contributed by atoms with van der Waals surface area (Å²) in [4.78, 5) is 17.6. The highest BCUT2D eigenvalue weighted by Gasteiger charge is 2.28. The molecule has 1 aromatic carbocycles. The zero-order valence-electron chi connectivity index (χ0n) is 16.7. The zero-order valence-corrected chi connectivity index (χ0v) is 16.7. The van der Waals surface area contributed by atoms with E-state index in [1.807, 2.05) is 20.0 Å². The molecule has 29 heavy (non-hydrogen) atoms. The molecule has 1 N–H and O–H groups in total. The van der Waals surface area contributed by atoms with Gasteiger partial charge in [-0.3, -0.25) is 9.48 Å². The van der Waals surface area contributed by atoms with Gasteiger partial charge in [-0.2, -0.15) is 5.10 Å². The lowest BCUT2D eigenvalue weighted by molar-refractivity contribution is 0.0953. The monoisotopic (exact) mass is 396 g/mol. The van der Waals surface area contributed by atoms with Crippen LogP contribution in [0.3, 0.4) is 0 Å². The average Bonchev–Trinajstić information content (AvgIpc) is 3.52. The van der Waals surface area contributed by atoms with Crippen LogP contribution < -0.4 is 10.1 Å². The van der Waals surface area contributed by atoms with Gasteiger partial charge in [-0.25, -0.2) is 9.37 Å². The Labute approximate surface area is 169 Å². The van der Waals surface area contributed by atoms with E-state index in [1.54, 1.807) is 16.8 Å². The molecule has 1 saturated carbocycles. The number of carbonyl (C=O) groups is 1. The summed E-state index contributed by atoms with van der Waals surface area (Å²) >= 11 is 0. The molecule has 2 heterocycles. The quantitative estimate of drug-likeness (QED) is 0.587. The molecule has 0 aliphatic heterocycles. The number of hydrogen-bond acceptors (Lipinski definition) is 4. The smallest absolute Gasteiger partial charge is 0.252 e. The number of nitrogens with one attached hydrogen (secondary N) is 1. The molecule has 0 saturated heterocycles. The maximum absolute atomic E-state index is 12.9. The number of ether oxygens (including phenoxy) is 1. The standard InChI is InChI=1S/C22H25FN4O2/c1-14-20-18(13-19(15-5-6-15)25-21(20)27(2)26-14)22(28)24-11-3-4-12-29-17-9-7-16(23)8-10-17/h7-10,13,15H,3-6,11-12H2,1-2H3,(H,24,28). The van der Waals surface area contributed by atoms with Crippen LogP contribution in [0.15, 0.2) is 30.3 Å². The summed E-state index contributed by atoms with van der Waals surface area (Å²) in [7, 11) is 1.86. The maximum Gasteiger partial charge on any atom is 0.252 e. The van der Waals surface area contributed by atoms with Gasteiger partial charge in [0.1, 0.15) is 11.6 Å². The Balaban J connectivity index is 1.33. The van der Waals surface area contributed by atoms with Crippen LogP contribution in [0.25, 0.3) is 11.0 Å². The summed E-state index contributed by atoms with van der Waals surface area (Å²) < 4.78 is 20.2. The minimum atomic E-state index is -0.279. The molecule has 0 bridgehead atoms. The van der Waals surface area contributed by atoms with E-state index in [0.717, 1.165) is 48.1 Å². The van der Waals surface area contributed by atoms with Crippen molar-refractivity contribution in [3.63, 3.8) is 0 Å². The number of benzene rings is 1. The predicted octanol–water partition coefficient (Wildman–Crippen LogP) is 3.88. The number of hydrogen-bond donors (Lipinski definition) is 1. The molecule has 1 amide bonds. The number of aromatic nitrogens is 3. The van der Waals surface area contributed by atoms with Crippen LogP contribution in [0.2, 0.25) is 0 Å². The zero-order chi connectivity index (χ0) is 20.4. The molecule has 0 unspecified atom stereocenters. The fourth-order valence-corrected chi connectivity index (χ4v) is 3.48. The van der Waals surface area contributed by atoms with E-state index >= 15 is 0 Å². The second-order valence-corrected chi connectivity index (χ2v) is 7.54. The van der Waals surface area contributed by atoms with Gasteiger partial charge in [-0.15, -0.1) is 0 Å². The molecular formula is C22H25FN4O2. The third-order valence-electron chi connectivity index (χ3n) is 5.17. The van der Waals surface area contributed by atoms with Gasteiger partial charge in [-0.05, 0) is 62.9 Å². The topological polar surface area (TPSA) is 69.0 Å². The number of nitrogens with zero attached hydrogens (tertiary/aromatic N) is 3. The van der Waals surface area contributed by atoms with Crippen molar-refractivity contribution in [2.75, 3.05) is 13.2 Å². The summed E-state index contributed by atoms with van der Waals surface area (Å²) in [5.74, 6) is 0.743. The third kappa shape index (κ3) is 4.39. The lowest BCUT2D eigenvalue weighted by Crippen LogP contribution is -2.25. The first-order chi connectivity index (χ1) is 14.0. The molecule has 6 nitrogen and oxygen atoms in total. The number of halogens is 1. The summed E-state index contributed by atoms with van der Waals surface area (Å²) in [5, 5.41) is 8.28. The van der Waals surface area contributed by atoms with Gasteiger partial charge in [0.2, 0.25) is 0 Å². The van der Waals surface area contributed by atoms with Crippen LogP contribution in [-0.4, -0.2) is 33.8 Å². The molecule has 7 heteroatoms. The van der Waals surface area contributed by atoms with Gasteiger partial charge in [0.05, 0.1) is 23.3 Å². The molecule has 0 radical (unpaired) electrons. The van der Waals surface area contributed by atoms with E-state index in [0.29, 0.717) is 30.4 Å². The van der Waals surface area contributed by atoms with Crippen molar-refractivity contribution in [1.29, 1.82) is 0 Å². The normalized spacial score (nSPS) is 13.6. The summed E-state index contributed by atoms with van der Waals surface area (Å²) in [6.45, 7) is 2.99. The minimum absolute atomic E-state index is 0.0881. The van der Waals surface area contributed by atoms with Crippen molar-refractivity contribution in [2.24, 2.45) is 7.05 Å². The molecule has 2 aromatic heterocycles. The number of aryl methyl sites for hydroxylation is 2. The predicted molar refractivity (Wildman–Crippen MR) is 109 cm³/mol. The van der Waals surface area contributed by atoms with Crippen molar-refractivity contribution in [2.45, 2.75) is 38.5 Å². The van der Waals surface area contributed by atoms with E-state index in [9.17, 15) is 9.18 Å². The molecule has 4 rings (SSSR count). The van der Waals surface area contributed by atoms with E-state index in [2.05, 4.69) is 10.4 Å². The lowest BCUT2D eigenvalue weighted by Gasteiger charge is -2.09. The summed E-state index contributed by atoms with van der Waals surface area (Å²) in [5.41, 5.74) is 3.23. The van der Waals surface area contributed by atoms with Crippen molar-refractivity contribution in [1.82, 2.24) is 20.1 Å². The van der Waals surface area contributed by atoms with Crippen LogP contribution in [0.5, 0.6) is 5.75 Å². The minimum Gasteiger partial charge on any atom is -0.494 e. The number of fused-ring (bicyclic) bond motifs is 1. The fraction of sp³-hybridized carbons (Fsp3) is 0.409. The van der Waals surface area contributed by atoms with E-state index in [-0.39, 0.29) is 11.7 Å². The first-order valence-corrected chi connectivity index (χ1v) is 10.0. The fourth-order valence-electron chi connectivity index (χ4n) is 3.48. The number of unbranched alkanes of at least 4 members (excludes halogenated alkanes) is 1. The Morgan fingerprint density at radius 3 is 2.76 bits per heavy atom. The van der Waals surface area contributed by atoms with Gasteiger partial charge in [-0.1, -0.05) is 0 Å². The molecule has 1 fully saturated rings. The molecule has 1 aliphatic carbocycles. The van der Waals surface area contributed by atoms with Crippen LogP contribution >= 0.6 is 0 Å². The third-order valence-corrected chi connectivity index (χ3v) is 5.17. The van der Waals surface area contributed by atoms with Gasteiger partial charge < -0.3 is 10.1 Å². The highest BCUT2D eigenvalue weighted by atomic mass is 19.1. The van der Waals surface area contributed by atoms with Crippen molar-refractivity contribution in [3.05, 3.63) is 53.1 Å². The number of amides is 1. The van der Waals surface area contributed by atoms with Crippen LogP contribution in [0.4, 0.5) is 4.39 Å². The number of pyridine rings is 1. The van der Waals surface area contributed by atoms with E-state index < -0.39 is 0 Å². The number of rotatable bonds is 8. The Bertz CT molecular complexity index is 1030. The molecule has 1 aliphatic rings. The summed E-state index contributed by atoms with van der Waals surface area (Å²) in [6, 6.07) is 7.91. The Morgan fingerprint density at radius 1 is 1.28 bits per heavy atom. The highest BCUT2D eigenvalue weighted by molar-refractivity contribution is 6.06. The first-order valence-electron chi connectivity index (χ1n) is 10.0. The van der Waals surface area contributed by atoms with Crippen LogP contribution in [0.1, 0.15) is 53.3 Å². The summed E-state index contributed by atoms with van der Waals surface area (Å²) in [6.07, 6.45) is 3.85. The van der Waals surface area contributed by atoms with Crippen molar-refractivity contribution in [3.8, 4) is 5.75 Å². The SMILES string of the molecule is Cc1nn(C)c2nc(C3CC3)cc(C(=O)NCCCCOc3ccc(F)cc3)c12. The van der Waals surface area contributed by atoms with Crippen molar-refractivity contribution >= 4 is 16.9 Å². The second-order valence-electron chi connectivity index (χ2n) is 7.54. The lowest BCUT2D eigenvalue weighted by atomic mass is 10.1. The Kier molecular flexibility index (Phi) is 5.47. The van der Waals surface area contributed by atoms with Gasteiger partial charge >= 0.3 is 0 Å². The van der Waals surface area contributed by atoms with Gasteiger partial charge in [0.25, 0.3) is 5.91 Å². The molecule has 3 aromatic rings. The average molecular weight is 396 g/mol. The van der Waals surface area contributed by atoms with Crippen molar-refractivity contribution < 1.29 is 13.9 Å². The van der Waals surface area contributed by atoms with Crippen LogP contribution in [0, 0.1) is 12.7 Å². The van der Waals surface area contributed by atoms with E-state index in [1.165, 1.54) is 12.1 Å². The van der Waals surface area contributed by atoms with Gasteiger partial charge in [0.15, 0.2) is 5.65 Å². The highest BCUT2D eigenvalue weighted by Crippen LogP contribution is 2.40. The number of carbonyl (C=O) groups excluding carboxylic acids is 1. The molecule has 0 atom stereocenters. The maximum atomic E-state index is 12.9. The molecular weight excluding hydrogens is 371 g/mol. The Morgan fingerprint density at radius 2 is 2.03 bits per heavy atom. The molecule has 0 spiro atoms. The van der Waals surface area contributed by atoms with Crippen LogP contribution in [-0.2, 0) is 7.05 Å². The largest absolute Gasteiger partial charge is 0.494 e. The van der Waals surface area contributed by atoms with Gasteiger partial charge in [0, 0.05) is 25.2 Å². The van der Waals surface area contributed by atoms with E-state index in [4.69, 9.17) is 9.72 Å².